The summed E-state index contributed by atoms with van der Waals surface area (Å²) < 4.78 is 0. The average molecular weight is 280 g/mol. The van der Waals surface area contributed by atoms with Crippen LogP contribution in [0.5, 0.6) is 0 Å². The molecule has 0 saturated heterocycles. The van der Waals surface area contributed by atoms with Crippen molar-refractivity contribution in [1.29, 1.82) is 0 Å². The molecule has 3 rings (SSSR count). The maximum absolute atomic E-state index is 6.02. The van der Waals surface area contributed by atoms with E-state index < -0.39 is 0 Å². The van der Waals surface area contributed by atoms with E-state index in [1.165, 1.54) is 16.0 Å². The van der Waals surface area contributed by atoms with E-state index in [-0.39, 0.29) is 0 Å². The van der Waals surface area contributed by atoms with E-state index in [0.717, 1.165) is 22.2 Å². The van der Waals surface area contributed by atoms with Crippen LogP contribution >= 0.6 is 11.8 Å². The van der Waals surface area contributed by atoms with E-state index >= 15 is 0 Å². The summed E-state index contributed by atoms with van der Waals surface area (Å²) in [7, 11) is 0. The number of fused-ring (bicyclic) bond motifs is 1. The summed E-state index contributed by atoms with van der Waals surface area (Å²) in [5.41, 5.74) is 9.46. The summed E-state index contributed by atoms with van der Waals surface area (Å²) in [6.07, 6.45) is 3.68. The molecule has 3 aromatic rings. The zero-order valence-corrected chi connectivity index (χ0v) is 12.2. The minimum atomic E-state index is 0.808. The number of hydrogen-bond donors (Lipinski definition) is 1. The van der Waals surface area contributed by atoms with Gasteiger partial charge in [-0.3, -0.25) is 4.98 Å². The van der Waals surface area contributed by atoms with Gasteiger partial charge in [-0.05, 0) is 30.7 Å². The molecule has 0 amide bonds. The van der Waals surface area contributed by atoms with Gasteiger partial charge in [-0.25, -0.2) is 0 Å². The van der Waals surface area contributed by atoms with Gasteiger partial charge < -0.3 is 5.73 Å². The molecule has 2 N–H and O–H groups in total. The molecule has 0 aliphatic heterocycles. The predicted molar refractivity (Wildman–Crippen MR) is 86.9 cm³/mol. The van der Waals surface area contributed by atoms with Crippen molar-refractivity contribution in [3.63, 3.8) is 0 Å². The van der Waals surface area contributed by atoms with Crippen LogP contribution in [0.15, 0.2) is 59.8 Å². The summed E-state index contributed by atoms with van der Waals surface area (Å²) >= 11 is 1.82. The lowest BCUT2D eigenvalue weighted by Gasteiger charge is -2.08. The Bertz CT molecular complexity index is 753. The highest BCUT2D eigenvalue weighted by atomic mass is 32.2. The number of pyridine rings is 1. The van der Waals surface area contributed by atoms with Crippen LogP contribution < -0.4 is 5.73 Å². The molecule has 0 unspecified atom stereocenters. The number of benzene rings is 2. The first-order valence-corrected chi connectivity index (χ1v) is 7.53. The van der Waals surface area contributed by atoms with Crippen molar-refractivity contribution in [2.45, 2.75) is 17.6 Å². The van der Waals surface area contributed by atoms with Gasteiger partial charge >= 0.3 is 0 Å². The smallest absolute Gasteiger partial charge is 0.0395 e. The van der Waals surface area contributed by atoms with Gasteiger partial charge in [0.1, 0.15) is 0 Å². The molecule has 3 heteroatoms. The van der Waals surface area contributed by atoms with Crippen molar-refractivity contribution >= 4 is 28.2 Å². The molecule has 0 aliphatic carbocycles. The number of hydrogen-bond acceptors (Lipinski definition) is 3. The molecular formula is C17H16N2S. The lowest BCUT2D eigenvalue weighted by molar-refractivity contribution is 1.33. The van der Waals surface area contributed by atoms with Gasteiger partial charge in [-0.1, -0.05) is 29.8 Å². The van der Waals surface area contributed by atoms with Crippen molar-refractivity contribution in [2.24, 2.45) is 0 Å². The maximum Gasteiger partial charge on any atom is 0.0395 e. The highest BCUT2D eigenvalue weighted by Gasteiger charge is 2.05. The fraction of sp³-hybridized carbons (Fsp3) is 0.118. The third kappa shape index (κ3) is 2.63. The topological polar surface area (TPSA) is 38.9 Å². The number of aromatic nitrogens is 1. The van der Waals surface area contributed by atoms with Crippen LogP contribution in [0.25, 0.3) is 10.8 Å². The molecule has 0 saturated carbocycles. The first kappa shape index (κ1) is 13.0. The van der Waals surface area contributed by atoms with Crippen LogP contribution in [0, 0.1) is 6.92 Å². The summed E-state index contributed by atoms with van der Waals surface area (Å²) in [5, 5.41) is 2.21. The Morgan fingerprint density at radius 1 is 1.10 bits per heavy atom. The molecule has 0 aliphatic rings. The predicted octanol–water partition coefficient (Wildman–Crippen LogP) is 4.42. The molecule has 0 spiro atoms. The van der Waals surface area contributed by atoms with Gasteiger partial charge in [0.15, 0.2) is 0 Å². The lowest BCUT2D eigenvalue weighted by atomic mass is 10.1. The van der Waals surface area contributed by atoms with Gasteiger partial charge in [0, 0.05) is 39.5 Å². The monoisotopic (exact) mass is 280 g/mol. The minimum Gasteiger partial charge on any atom is -0.398 e. The molecule has 100 valence electrons. The van der Waals surface area contributed by atoms with Gasteiger partial charge in [-0.2, -0.15) is 0 Å². The molecule has 0 fully saturated rings. The largest absolute Gasteiger partial charge is 0.398 e. The van der Waals surface area contributed by atoms with Crippen LogP contribution in [0.2, 0.25) is 0 Å². The standard InChI is InChI=1S/C17H16N2S/c1-12-3-2-4-13(9-12)11-20-17-6-5-16(18)14-7-8-19-10-15(14)17/h2-10H,11,18H2,1H3. The Morgan fingerprint density at radius 2 is 2.00 bits per heavy atom. The first-order valence-electron chi connectivity index (χ1n) is 6.54. The number of nitrogens with two attached hydrogens (primary N) is 1. The molecule has 1 aromatic heterocycles. The van der Waals surface area contributed by atoms with Gasteiger partial charge in [0.05, 0.1) is 0 Å². The molecule has 2 aromatic carbocycles. The fourth-order valence-electron chi connectivity index (χ4n) is 2.28. The summed E-state index contributed by atoms with van der Waals surface area (Å²) in [6.45, 7) is 2.12. The van der Waals surface area contributed by atoms with Crippen molar-refractivity contribution in [1.82, 2.24) is 4.98 Å². The zero-order valence-electron chi connectivity index (χ0n) is 11.3. The van der Waals surface area contributed by atoms with E-state index in [9.17, 15) is 0 Å². The van der Waals surface area contributed by atoms with Crippen molar-refractivity contribution < 1.29 is 0 Å². The molecule has 0 atom stereocenters. The van der Waals surface area contributed by atoms with Crippen LogP contribution in [0.3, 0.4) is 0 Å². The van der Waals surface area contributed by atoms with E-state index in [4.69, 9.17) is 5.73 Å². The molecule has 0 radical (unpaired) electrons. The second-order valence-corrected chi connectivity index (χ2v) is 5.87. The van der Waals surface area contributed by atoms with E-state index in [1.807, 2.05) is 30.1 Å². The first-order chi connectivity index (χ1) is 9.74. The summed E-state index contributed by atoms with van der Waals surface area (Å²) in [6, 6.07) is 14.6. The number of anilines is 1. The van der Waals surface area contributed by atoms with E-state index in [1.54, 1.807) is 6.20 Å². The average Bonchev–Trinajstić information content (AvgIpc) is 2.47. The Morgan fingerprint density at radius 3 is 2.85 bits per heavy atom. The van der Waals surface area contributed by atoms with Crippen LogP contribution in [0.1, 0.15) is 11.1 Å². The van der Waals surface area contributed by atoms with E-state index in [2.05, 4.69) is 42.2 Å². The van der Waals surface area contributed by atoms with Crippen LogP contribution in [0.4, 0.5) is 5.69 Å². The molecule has 2 nitrogen and oxygen atoms in total. The third-order valence-corrected chi connectivity index (χ3v) is 4.43. The normalized spacial score (nSPS) is 10.8. The van der Waals surface area contributed by atoms with Gasteiger partial charge in [0.25, 0.3) is 0 Å². The second kappa shape index (κ2) is 5.55. The number of nitrogen functional groups attached to an aromatic ring is 1. The number of aryl methyl sites for hydroxylation is 1. The Hall–Kier alpha value is -2.00. The Labute approximate surface area is 123 Å². The highest BCUT2D eigenvalue weighted by molar-refractivity contribution is 7.98. The van der Waals surface area contributed by atoms with Crippen molar-refractivity contribution in [3.8, 4) is 0 Å². The molecular weight excluding hydrogens is 264 g/mol. The zero-order chi connectivity index (χ0) is 13.9. The van der Waals surface area contributed by atoms with Gasteiger partial charge in [0.2, 0.25) is 0 Å². The molecule has 1 heterocycles. The third-order valence-electron chi connectivity index (χ3n) is 3.29. The second-order valence-electron chi connectivity index (χ2n) is 4.85. The van der Waals surface area contributed by atoms with Gasteiger partial charge in [-0.15, -0.1) is 11.8 Å². The quantitative estimate of drug-likeness (QED) is 0.570. The summed E-state index contributed by atoms with van der Waals surface area (Å²) in [5.74, 6) is 0.954. The maximum atomic E-state index is 6.02. The van der Waals surface area contributed by atoms with Crippen molar-refractivity contribution in [2.75, 3.05) is 5.73 Å². The van der Waals surface area contributed by atoms with Crippen LogP contribution in [-0.4, -0.2) is 4.98 Å². The number of rotatable bonds is 3. The SMILES string of the molecule is Cc1cccc(CSc2ccc(N)c3ccncc23)c1. The number of thioether (sulfide) groups is 1. The lowest BCUT2D eigenvalue weighted by Crippen LogP contribution is -1.89. The fourth-order valence-corrected chi connectivity index (χ4v) is 3.26. The summed E-state index contributed by atoms with van der Waals surface area (Å²) in [4.78, 5) is 5.44. The van der Waals surface area contributed by atoms with E-state index in [0.29, 0.717) is 0 Å². The Balaban J connectivity index is 1.90. The molecule has 20 heavy (non-hydrogen) atoms. The van der Waals surface area contributed by atoms with Crippen LogP contribution in [-0.2, 0) is 5.75 Å². The Kier molecular flexibility index (Phi) is 3.61. The molecule has 0 bridgehead atoms. The number of nitrogens with zero attached hydrogens (tertiary/aromatic N) is 1. The van der Waals surface area contributed by atoms with Crippen molar-refractivity contribution in [3.05, 3.63) is 66.0 Å². The minimum absolute atomic E-state index is 0.808. The highest BCUT2D eigenvalue weighted by Crippen LogP contribution is 2.32.